The highest BCUT2D eigenvalue weighted by atomic mass is 19.1. The van der Waals surface area contributed by atoms with Gasteiger partial charge in [0, 0.05) is 0 Å². The van der Waals surface area contributed by atoms with E-state index in [-0.39, 0.29) is 11.3 Å². The Kier molecular flexibility index (Phi) is 3.11. The Hall–Kier alpha value is -2.61. The van der Waals surface area contributed by atoms with Crippen molar-refractivity contribution in [3.8, 4) is 6.07 Å². The van der Waals surface area contributed by atoms with E-state index < -0.39 is 11.7 Å². The zero-order valence-corrected chi connectivity index (χ0v) is 9.53. The minimum absolute atomic E-state index is 0.0736. The Balaban J connectivity index is 2.28. The van der Waals surface area contributed by atoms with Gasteiger partial charge in [-0.2, -0.15) is 5.26 Å². The van der Waals surface area contributed by atoms with Gasteiger partial charge in [-0.1, -0.05) is 0 Å². The maximum absolute atomic E-state index is 12.9. The number of nitrogens with zero attached hydrogens (tertiary/aromatic N) is 1. The number of halogens is 1. The molecule has 2 aromatic rings. The third kappa shape index (κ3) is 2.23. The molecule has 4 nitrogen and oxygen atoms in total. The van der Waals surface area contributed by atoms with E-state index in [1.165, 1.54) is 24.5 Å². The fourth-order valence-electron chi connectivity index (χ4n) is 1.53. The first kappa shape index (κ1) is 11.9. The van der Waals surface area contributed by atoms with Crippen molar-refractivity contribution in [1.82, 2.24) is 0 Å². The zero-order chi connectivity index (χ0) is 13.1. The summed E-state index contributed by atoms with van der Waals surface area (Å²) in [6.07, 6.45) is 1.40. The van der Waals surface area contributed by atoms with Crippen LogP contribution in [0.4, 0.5) is 10.1 Å². The normalized spacial score (nSPS) is 9.83. The molecule has 1 aromatic heterocycles. The number of rotatable bonds is 2. The van der Waals surface area contributed by atoms with Gasteiger partial charge in [0.2, 0.25) is 0 Å². The fraction of sp³-hybridized carbons (Fsp3) is 0.0769. The molecule has 0 atom stereocenters. The number of carbonyl (C=O) groups is 1. The number of carbonyl (C=O) groups excluding carboxylic acids is 1. The summed E-state index contributed by atoms with van der Waals surface area (Å²) in [5.74, 6) is -0.443. The van der Waals surface area contributed by atoms with Crippen LogP contribution in [-0.2, 0) is 0 Å². The molecule has 0 radical (unpaired) electrons. The molecular weight excluding hydrogens is 235 g/mol. The van der Waals surface area contributed by atoms with Crippen molar-refractivity contribution in [2.75, 3.05) is 5.32 Å². The van der Waals surface area contributed by atoms with Crippen LogP contribution in [0.5, 0.6) is 0 Å². The highest BCUT2D eigenvalue weighted by molar-refractivity contribution is 6.05. The predicted octanol–water partition coefficient (Wildman–Crippen LogP) is 2.85. The molecule has 1 N–H and O–H groups in total. The van der Waals surface area contributed by atoms with Crippen LogP contribution >= 0.6 is 0 Å². The molecule has 18 heavy (non-hydrogen) atoms. The summed E-state index contributed by atoms with van der Waals surface area (Å²) in [5, 5.41) is 11.4. The topological polar surface area (TPSA) is 66.0 Å². The largest absolute Gasteiger partial charge is 0.469 e. The lowest BCUT2D eigenvalue weighted by Gasteiger charge is -2.06. The molecule has 0 fully saturated rings. The summed E-state index contributed by atoms with van der Waals surface area (Å²) < 4.78 is 17.9. The van der Waals surface area contributed by atoms with E-state index in [2.05, 4.69) is 5.32 Å². The number of nitriles is 1. The van der Waals surface area contributed by atoms with Crippen LogP contribution in [-0.4, -0.2) is 5.91 Å². The quantitative estimate of drug-likeness (QED) is 0.883. The van der Waals surface area contributed by atoms with Crippen molar-refractivity contribution in [1.29, 1.82) is 5.26 Å². The number of hydrogen-bond donors (Lipinski definition) is 1. The Morgan fingerprint density at radius 2 is 2.22 bits per heavy atom. The number of hydrogen-bond acceptors (Lipinski definition) is 3. The maximum atomic E-state index is 12.9. The van der Waals surface area contributed by atoms with Gasteiger partial charge in [0.1, 0.15) is 17.6 Å². The average molecular weight is 244 g/mol. The second-order valence-electron chi connectivity index (χ2n) is 3.65. The van der Waals surface area contributed by atoms with E-state index in [1.54, 1.807) is 6.92 Å². The van der Waals surface area contributed by atoms with Crippen LogP contribution in [0.2, 0.25) is 0 Å². The molecule has 1 amide bonds. The Morgan fingerprint density at radius 1 is 1.44 bits per heavy atom. The Morgan fingerprint density at radius 3 is 2.83 bits per heavy atom. The molecule has 0 bridgehead atoms. The van der Waals surface area contributed by atoms with Crippen LogP contribution in [0.15, 0.2) is 34.9 Å². The van der Waals surface area contributed by atoms with Crippen LogP contribution in [0.1, 0.15) is 21.7 Å². The van der Waals surface area contributed by atoms with Gasteiger partial charge in [-0.05, 0) is 31.2 Å². The first-order valence-corrected chi connectivity index (χ1v) is 5.17. The number of amides is 1. The van der Waals surface area contributed by atoms with Crippen LogP contribution in [0.25, 0.3) is 0 Å². The fourth-order valence-corrected chi connectivity index (χ4v) is 1.53. The molecule has 0 saturated heterocycles. The highest BCUT2D eigenvalue weighted by Crippen LogP contribution is 2.18. The SMILES string of the molecule is Cc1occc1C(=O)Nc1ccc(F)cc1C#N. The lowest BCUT2D eigenvalue weighted by Crippen LogP contribution is -2.13. The lowest BCUT2D eigenvalue weighted by molar-refractivity contribution is 0.102. The smallest absolute Gasteiger partial charge is 0.259 e. The molecular formula is C13H9FN2O2. The van der Waals surface area contributed by atoms with Gasteiger partial charge in [-0.25, -0.2) is 4.39 Å². The van der Waals surface area contributed by atoms with E-state index in [4.69, 9.17) is 9.68 Å². The van der Waals surface area contributed by atoms with Gasteiger partial charge in [0.15, 0.2) is 0 Å². The summed E-state index contributed by atoms with van der Waals surface area (Å²) in [6, 6.07) is 6.95. The number of furan rings is 1. The summed E-state index contributed by atoms with van der Waals surface area (Å²) in [4.78, 5) is 11.9. The third-order valence-corrected chi connectivity index (χ3v) is 2.45. The van der Waals surface area contributed by atoms with Crippen LogP contribution < -0.4 is 5.32 Å². The Labute approximate surface area is 103 Å². The molecule has 0 aliphatic rings. The van der Waals surface area contributed by atoms with Crippen molar-refractivity contribution in [2.24, 2.45) is 0 Å². The van der Waals surface area contributed by atoms with Crippen molar-refractivity contribution in [3.05, 3.63) is 53.2 Å². The number of nitrogens with one attached hydrogen (secondary N) is 1. The molecule has 0 unspecified atom stereocenters. The molecule has 0 saturated carbocycles. The first-order chi connectivity index (χ1) is 8.61. The minimum Gasteiger partial charge on any atom is -0.469 e. The van der Waals surface area contributed by atoms with E-state index in [1.807, 2.05) is 6.07 Å². The lowest BCUT2D eigenvalue weighted by atomic mass is 10.1. The van der Waals surface area contributed by atoms with Gasteiger partial charge in [0.25, 0.3) is 5.91 Å². The van der Waals surface area contributed by atoms with E-state index in [0.29, 0.717) is 11.3 Å². The van der Waals surface area contributed by atoms with Crippen molar-refractivity contribution < 1.29 is 13.6 Å². The number of benzene rings is 1. The van der Waals surface area contributed by atoms with E-state index >= 15 is 0 Å². The maximum Gasteiger partial charge on any atom is 0.259 e. The highest BCUT2D eigenvalue weighted by Gasteiger charge is 2.13. The van der Waals surface area contributed by atoms with E-state index in [0.717, 1.165) is 6.07 Å². The molecule has 1 aromatic carbocycles. The van der Waals surface area contributed by atoms with E-state index in [9.17, 15) is 9.18 Å². The van der Waals surface area contributed by atoms with Crippen molar-refractivity contribution in [3.63, 3.8) is 0 Å². The monoisotopic (exact) mass is 244 g/mol. The molecule has 0 aliphatic heterocycles. The van der Waals surface area contributed by atoms with Gasteiger partial charge in [-0.3, -0.25) is 4.79 Å². The molecule has 0 spiro atoms. The number of aryl methyl sites for hydroxylation is 1. The third-order valence-electron chi connectivity index (χ3n) is 2.45. The second-order valence-corrected chi connectivity index (χ2v) is 3.65. The average Bonchev–Trinajstić information content (AvgIpc) is 2.77. The van der Waals surface area contributed by atoms with Crippen molar-refractivity contribution >= 4 is 11.6 Å². The molecule has 0 aliphatic carbocycles. The van der Waals surface area contributed by atoms with Gasteiger partial charge < -0.3 is 9.73 Å². The zero-order valence-electron chi connectivity index (χ0n) is 9.53. The molecule has 90 valence electrons. The van der Waals surface area contributed by atoms with Gasteiger partial charge >= 0.3 is 0 Å². The summed E-state index contributed by atoms with van der Waals surface area (Å²) in [5.41, 5.74) is 0.720. The van der Waals surface area contributed by atoms with Crippen LogP contribution in [0, 0.1) is 24.1 Å². The van der Waals surface area contributed by atoms with Gasteiger partial charge in [-0.15, -0.1) is 0 Å². The predicted molar refractivity (Wildman–Crippen MR) is 62.5 cm³/mol. The van der Waals surface area contributed by atoms with Crippen LogP contribution in [0.3, 0.4) is 0 Å². The molecule has 1 heterocycles. The first-order valence-electron chi connectivity index (χ1n) is 5.17. The summed E-state index contributed by atoms with van der Waals surface area (Å²) >= 11 is 0. The number of anilines is 1. The Bertz CT molecular complexity index is 641. The minimum atomic E-state index is -0.524. The summed E-state index contributed by atoms with van der Waals surface area (Å²) in [6.45, 7) is 1.66. The standard InChI is InChI=1S/C13H9FN2O2/c1-8-11(4-5-18-8)13(17)16-12-3-2-10(14)6-9(12)7-15/h2-6H,1H3,(H,16,17). The van der Waals surface area contributed by atoms with Crippen molar-refractivity contribution in [2.45, 2.75) is 6.92 Å². The second kappa shape index (κ2) is 4.72. The molecule has 5 heteroatoms. The van der Waals surface area contributed by atoms with Gasteiger partial charge in [0.05, 0.1) is 23.1 Å². The molecule has 2 rings (SSSR count). The summed E-state index contributed by atoms with van der Waals surface area (Å²) in [7, 11) is 0.